The van der Waals surface area contributed by atoms with E-state index in [1.807, 2.05) is 18.4 Å². The predicted octanol–water partition coefficient (Wildman–Crippen LogP) is 3.49. The number of anilines is 1. The highest BCUT2D eigenvalue weighted by molar-refractivity contribution is 7.89. The minimum Gasteiger partial charge on any atom is -0.379 e. The fourth-order valence-corrected chi connectivity index (χ4v) is 5.52. The van der Waals surface area contributed by atoms with Gasteiger partial charge in [0.15, 0.2) is 0 Å². The minimum absolute atomic E-state index is 0.124. The lowest BCUT2D eigenvalue weighted by molar-refractivity contribution is -0.116. The SMILES string of the molecule is CCCn1c(CCC(=O)Nc2cc(C)ccc2F)nc2cc(S(=O)(=O)N3CCOCC3)ccc21. The molecule has 1 fully saturated rings. The van der Waals surface area contributed by atoms with Crippen molar-refractivity contribution in [3.63, 3.8) is 0 Å². The van der Waals surface area contributed by atoms with Crippen LogP contribution in [0.25, 0.3) is 11.0 Å². The summed E-state index contributed by atoms with van der Waals surface area (Å²) in [5, 5.41) is 2.63. The summed E-state index contributed by atoms with van der Waals surface area (Å²) in [6, 6.07) is 9.54. The van der Waals surface area contributed by atoms with Crippen LogP contribution in [0.3, 0.4) is 0 Å². The van der Waals surface area contributed by atoms with Gasteiger partial charge < -0.3 is 14.6 Å². The third-order valence-electron chi connectivity index (χ3n) is 5.83. The van der Waals surface area contributed by atoms with Crippen molar-refractivity contribution < 1.29 is 22.3 Å². The maximum Gasteiger partial charge on any atom is 0.243 e. The van der Waals surface area contributed by atoms with Crippen LogP contribution in [0.2, 0.25) is 0 Å². The van der Waals surface area contributed by atoms with Crippen LogP contribution >= 0.6 is 0 Å². The molecule has 34 heavy (non-hydrogen) atoms. The van der Waals surface area contributed by atoms with Gasteiger partial charge in [-0.05, 0) is 49.2 Å². The quantitative estimate of drug-likeness (QED) is 0.524. The molecule has 4 rings (SSSR count). The lowest BCUT2D eigenvalue weighted by Gasteiger charge is -2.26. The fraction of sp³-hybridized carbons (Fsp3) is 0.417. The van der Waals surface area contributed by atoms with Crippen molar-refractivity contribution >= 4 is 32.7 Å². The summed E-state index contributed by atoms with van der Waals surface area (Å²) in [6.45, 7) is 5.97. The van der Waals surface area contributed by atoms with Crippen molar-refractivity contribution in [1.82, 2.24) is 13.9 Å². The largest absolute Gasteiger partial charge is 0.379 e. The van der Waals surface area contributed by atoms with Crippen LogP contribution in [0.1, 0.15) is 31.2 Å². The van der Waals surface area contributed by atoms with Gasteiger partial charge in [0.05, 0.1) is 34.8 Å². The number of benzene rings is 2. The van der Waals surface area contributed by atoms with Gasteiger partial charge in [-0.15, -0.1) is 0 Å². The van der Waals surface area contributed by atoms with Crippen LogP contribution in [0.5, 0.6) is 0 Å². The zero-order chi connectivity index (χ0) is 24.3. The topological polar surface area (TPSA) is 93.5 Å². The Hall–Kier alpha value is -2.82. The van der Waals surface area contributed by atoms with Gasteiger partial charge in [-0.25, -0.2) is 17.8 Å². The minimum atomic E-state index is -3.63. The number of sulfonamides is 1. The van der Waals surface area contributed by atoms with Gasteiger partial charge in [0.25, 0.3) is 0 Å². The molecule has 0 bridgehead atoms. The molecule has 10 heteroatoms. The van der Waals surface area contributed by atoms with Crippen molar-refractivity contribution in [3.8, 4) is 0 Å². The van der Waals surface area contributed by atoms with Crippen molar-refractivity contribution in [3.05, 3.63) is 53.6 Å². The van der Waals surface area contributed by atoms with Gasteiger partial charge in [0, 0.05) is 32.5 Å². The molecule has 3 aromatic rings. The van der Waals surface area contributed by atoms with E-state index < -0.39 is 15.8 Å². The lowest BCUT2D eigenvalue weighted by Crippen LogP contribution is -2.40. The number of hydrogen-bond acceptors (Lipinski definition) is 5. The smallest absolute Gasteiger partial charge is 0.243 e. The average Bonchev–Trinajstić information content (AvgIpc) is 3.17. The van der Waals surface area contributed by atoms with E-state index in [1.54, 1.807) is 30.3 Å². The molecule has 0 saturated carbocycles. The predicted molar refractivity (Wildman–Crippen MR) is 128 cm³/mol. The molecule has 182 valence electrons. The van der Waals surface area contributed by atoms with Crippen LogP contribution in [0.15, 0.2) is 41.3 Å². The molecule has 1 saturated heterocycles. The highest BCUT2D eigenvalue weighted by Crippen LogP contribution is 2.25. The third kappa shape index (κ3) is 5.13. The van der Waals surface area contributed by atoms with Crippen LogP contribution in [-0.2, 0) is 32.5 Å². The number of amides is 1. The Morgan fingerprint density at radius 2 is 1.94 bits per heavy atom. The Bertz CT molecular complexity index is 1300. The van der Waals surface area contributed by atoms with Gasteiger partial charge >= 0.3 is 0 Å². The zero-order valence-electron chi connectivity index (χ0n) is 19.4. The number of carbonyl (C=O) groups is 1. The Morgan fingerprint density at radius 3 is 2.68 bits per heavy atom. The van der Waals surface area contributed by atoms with E-state index in [-0.39, 0.29) is 22.9 Å². The number of ether oxygens (including phenoxy) is 1. The molecule has 0 aliphatic carbocycles. The first-order valence-electron chi connectivity index (χ1n) is 11.4. The van der Waals surface area contributed by atoms with Gasteiger partial charge in [-0.1, -0.05) is 13.0 Å². The molecule has 2 heterocycles. The van der Waals surface area contributed by atoms with E-state index in [9.17, 15) is 17.6 Å². The number of morpholine rings is 1. The molecule has 1 aromatic heterocycles. The average molecular weight is 489 g/mol. The molecule has 1 N–H and O–H groups in total. The number of rotatable bonds is 8. The first-order chi connectivity index (χ1) is 16.3. The summed E-state index contributed by atoms with van der Waals surface area (Å²) in [4.78, 5) is 17.3. The van der Waals surface area contributed by atoms with Crippen LogP contribution in [-0.4, -0.2) is 54.5 Å². The molecule has 8 nitrogen and oxygen atoms in total. The molecule has 2 aromatic carbocycles. The number of hydrogen-bond donors (Lipinski definition) is 1. The number of imidazole rings is 1. The molecule has 0 radical (unpaired) electrons. The Kier molecular flexibility index (Phi) is 7.30. The number of nitrogens with one attached hydrogen (secondary N) is 1. The zero-order valence-corrected chi connectivity index (χ0v) is 20.2. The molecule has 1 aliphatic rings. The molecular weight excluding hydrogens is 459 g/mol. The number of aryl methyl sites for hydroxylation is 3. The summed E-state index contributed by atoms with van der Waals surface area (Å²) in [5.74, 6) is -0.0981. The molecule has 0 unspecified atom stereocenters. The number of nitrogens with zero attached hydrogens (tertiary/aromatic N) is 3. The highest BCUT2D eigenvalue weighted by atomic mass is 32.2. The monoisotopic (exact) mass is 488 g/mol. The van der Waals surface area contributed by atoms with E-state index >= 15 is 0 Å². The van der Waals surface area contributed by atoms with Crippen LogP contribution in [0.4, 0.5) is 10.1 Å². The summed E-state index contributed by atoms with van der Waals surface area (Å²) in [6.07, 6.45) is 1.33. The first-order valence-corrected chi connectivity index (χ1v) is 12.9. The maximum atomic E-state index is 14.0. The molecule has 1 aliphatic heterocycles. The van der Waals surface area contributed by atoms with E-state index in [0.29, 0.717) is 50.6 Å². The summed E-state index contributed by atoms with van der Waals surface area (Å²) in [5.41, 5.74) is 2.40. The van der Waals surface area contributed by atoms with E-state index in [0.717, 1.165) is 17.5 Å². The first kappa shape index (κ1) is 24.3. The number of aromatic nitrogens is 2. The van der Waals surface area contributed by atoms with Crippen LogP contribution in [0, 0.1) is 12.7 Å². The van der Waals surface area contributed by atoms with Crippen molar-refractivity contribution in [2.45, 2.75) is 44.6 Å². The van der Waals surface area contributed by atoms with Gasteiger partial charge in [-0.2, -0.15) is 4.31 Å². The number of halogens is 1. The maximum absolute atomic E-state index is 14.0. The van der Waals surface area contributed by atoms with E-state index in [1.165, 1.54) is 10.4 Å². The van der Waals surface area contributed by atoms with Crippen molar-refractivity contribution in [2.24, 2.45) is 0 Å². The van der Waals surface area contributed by atoms with Gasteiger partial charge in [-0.3, -0.25) is 4.79 Å². The summed E-state index contributed by atoms with van der Waals surface area (Å²) < 4.78 is 48.8. The second-order valence-corrected chi connectivity index (χ2v) is 10.3. The summed E-state index contributed by atoms with van der Waals surface area (Å²) in [7, 11) is -3.63. The molecule has 1 amide bonds. The van der Waals surface area contributed by atoms with Crippen molar-refractivity contribution in [1.29, 1.82) is 0 Å². The molecule has 0 atom stereocenters. The van der Waals surface area contributed by atoms with Gasteiger partial charge in [0.1, 0.15) is 11.6 Å². The second kappa shape index (κ2) is 10.2. The third-order valence-corrected chi connectivity index (χ3v) is 7.72. The van der Waals surface area contributed by atoms with Gasteiger partial charge in [0.2, 0.25) is 15.9 Å². The normalized spacial score (nSPS) is 15.0. The molecule has 0 spiro atoms. The standard InChI is InChI=1S/C24H29FN4O4S/c1-3-10-29-22-7-5-18(34(31,32)28-11-13-33-14-12-28)16-21(22)26-23(29)8-9-24(30)27-20-15-17(2)4-6-19(20)25/h4-7,15-16H,3,8-14H2,1-2H3,(H,27,30). The Balaban J connectivity index is 1.55. The van der Waals surface area contributed by atoms with Crippen LogP contribution < -0.4 is 5.32 Å². The van der Waals surface area contributed by atoms with E-state index in [4.69, 9.17) is 4.74 Å². The second-order valence-electron chi connectivity index (χ2n) is 8.38. The Morgan fingerprint density at radius 1 is 1.18 bits per heavy atom. The van der Waals surface area contributed by atoms with Crippen molar-refractivity contribution in [2.75, 3.05) is 31.6 Å². The highest BCUT2D eigenvalue weighted by Gasteiger charge is 2.27. The van der Waals surface area contributed by atoms with E-state index in [2.05, 4.69) is 10.3 Å². The number of fused-ring (bicyclic) bond motifs is 1. The molecular formula is C24H29FN4O4S. The number of carbonyl (C=O) groups excluding carboxylic acids is 1. The fourth-order valence-electron chi connectivity index (χ4n) is 4.09. The Labute approximate surface area is 198 Å². The lowest BCUT2D eigenvalue weighted by atomic mass is 10.2. The summed E-state index contributed by atoms with van der Waals surface area (Å²) >= 11 is 0.